The van der Waals surface area contributed by atoms with Crippen molar-refractivity contribution in [1.82, 2.24) is 0 Å². The number of anilines is 1. The molecule has 0 saturated heterocycles. The van der Waals surface area contributed by atoms with E-state index in [1.54, 1.807) is 18.2 Å². The summed E-state index contributed by atoms with van der Waals surface area (Å²) < 4.78 is 0.774. The minimum absolute atomic E-state index is 0.260. The van der Waals surface area contributed by atoms with E-state index in [1.165, 1.54) is 4.90 Å². The Hall–Kier alpha value is -1.20. The molecule has 1 aromatic rings. The molecule has 2 aliphatic rings. The number of amides is 1. The number of Topliss-reactive ketones (excluding diaryl/α,β-unsaturated/α-hetero) is 1. The van der Waals surface area contributed by atoms with Gasteiger partial charge in [0.2, 0.25) is 0 Å². The molecule has 0 spiro atoms. The molecule has 1 aliphatic heterocycles. The van der Waals surface area contributed by atoms with Gasteiger partial charge in [0.25, 0.3) is 11.7 Å². The van der Waals surface area contributed by atoms with Crippen molar-refractivity contribution in [2.24, 2.45) is 0 Å². The second-order valence-electron chi connectivity index (χ2n) is 4.73. The molecule has 1 heterocycles. The Morgan fingerprint density at radius 1 is 1.28 bits per heavy atom. The molecule has 4 nitrogen and oxygen atoms in total. The first-order valence-electron chi connectivity index (χ1n) is 5.95. The number of hydrogen-bond donors (Lipinski definition) is 1. The lowest BCUT2D eigenvalue weighted by Crippen LogP contribution is -2.43. The number of ketones is 1. The number of halogens is 1. The van der Waals surface area contributed by atoms with E-state index in [4.69, 9.17) is 0 Å². The predicted octanol–water partition coefficient (Wildman–Crippen LogP) is 1.89. The molecule has 1 aromatic carbocycles. The first kappa shape index (κ1) is 11.9. The summed E-state index contributed by atoms with van der Waals surface area (Å²) in [5.41, 5.74) is 1.05. The maximum Gasteiger partial charge on any atom is 0.299 e. The Bertz CT molecular complexity index is 543. The van der Waals surface area contributed by atoms with Crippen molar-refractivity contribution >= 4 is 33.3 Å². The molecule has 1 N–H and O–H groups in total. The zero-order chi connectivity index (χ0) is 12.9. The summed E-state index contributed by atoms with van der Waals surface area (Å²) in [7, 11) is 0. The van der Waals surface area contributed by atoms with E-state index >= 15 is 0 Å². The summed E-state index contributed by atoms with van der Waals surface area (Å²) in [5.74, 6) is -1.00. The molecule has 1 amide bonds. The van der Waals surface area contributed by atoms with E-state index < -0.39 is 17.8 Å². The van der Waals surface area contributed by atoms with Crippen LogP contribution in [0.25, 0.3) is 0 Å². The summed E-state index contributed by atoms with van der Waals surface area (Å²) in [6.07, 6.45) is 1.79. The van der Waals surface area contributed by atoms with E-state index in [0.29, 0.717) is 17.7 Å². The molecule has 3 rings (SSSR count). The zero-order valence-corrected chi connectivity index (χ0v) is 11.2. The van der Waals surface area contributed by atoms with Gasteiger partial charge in [-0.25, -0.2) is 0 Å². The van der Waals surface area contributed by atoms with E-state index in [0.717, 1.165) is 17.3 Å². The smallest absolute Gasteiger partial charge is 0.299 e. The highest BCUT2D eigenvalue weighted by atomic mass is 79.9. The SMILES string of the molecule is O=C1C(=O)N([C@H]2CCC[C@@H]2O)c2ccc(Br)cc21. The van der Waals surface area contributed by atoms with Gasteiger partial charge in [0.1, 0.15) is 0 Å². The van der Waals surface area contributed by atoms with Gasteiger partial charge in [0, 0.05) is 4.47 Å². The highest BCUT2D eigenvalue weighted by Crippen LogP contribution is 2.37. The number of benzene rings is 1. The molecule has 0 unspecified atom stereocenters. The number of fused-ring (bicyclic) bond motifs is 1. The molecule has 1 fully saturated rings. The van der Waals surface area contributed by atoms with Crippen LogP contribution in [0.4, 0.5) is 5.69 Å². The van der Waals surface area contributed by atoms with Crippen LogP contribution < -0.4 is 4.90 Å². The third-order valence-electron chi connectivity index (χ3n) is 3.65. The summed E-state index contributed by atoms with van der Waals surface area (Å²) in [6, 6.07) is 4.97. The zero-order valence-electron chi connectivity index (χ0n) is 9.60. The second kappa shape index (κ2) is 4.17. The minimum Gasteiger partial charge on any atom is -0.391 e. The van der Waals surface area contributed by atoms with Crippen LogP contribution in [-0.2, 0) is 4.79 Å². The van der Waals surface area contributed by atoms with Crippen molar-refractivity contribution in [3.63, 3.8) is 0 Å². The van der Waals surface area contributed by atoms with Gasteiger partial charge in [-0.3, -0.25) is 14.5 Å². The van der Waals surface area contributed by atoms with E-state index in [9.17, 15) is 14.7 Å². The monoisotopic (exact) mass is 309 g/mol. The molecule has 0 radical (unpaired) electrons. The highest BCUT2D eigenvalue weighted by Gasteiger charge is 2.43. The van der Waals surface area contributed by atoms with Crippen LogP contribution in [0.3, 0.4) is 0 Å². The number of hydrogen-bond acceptors (Lipinski definition) is 3. The number of rotatable bonds is 1. The fraction of sp³-hybridized carbons (Fsp3) is 0.385. The Morgan fingerprint density at radius 2 is 2.06 bits per heavy atom. The summed E-state index contributed by atoms with van der Waals surface area (Å²) in [6.45, 7) is 0. The van der Waals surface area contributed by atoms with E-state index in [1.807, 2.05) is 0 Å². The molecule has 1 aliphatic carbocycles. The van der Waals surface area contributed by atoms with Crippen LogP contribution in [0.1, 0.15) is 29.6 Å². The minimum atomic E-state index is -0.531. The summed E-state index contributed by atoms with van der Waals surface area (Å²) >= 11 is 3.30. The van der Waals surface area contributed by atoms with Gasteiger partial charge >= 0.3 is 0 Å². The van der Waals surface area contributed by atoms with Crippen molar-refractivity contribution in [3.05, 3.63) is 28.2 Å². The Labute approximate surface area is 113 Å². The first-order valence-corrected chi connectivity index (χ1v) is 6.74. The number of aliphatic hydroxyl groups excluding tert-OH is 1. The molecular weight excluding hydrogens is 298 g/mol. The Kier molecular flexibility index (Phi) is 2.75. The number of aliphatic hydroxyl groups is 1. The standard InChI is InChI=1S/C13H12BrNO3/c14-7-4-5-9-8(6-7)12(17)13(18)15(9)10-2-1-3-11(10)16/h4-6,10-11,16H,1-3H2/t10-,11-/m0/s1. The second-order valence-corrected chi connectivity index (χ2v) is 5.65. The highest BCUT2D eigenvalue weighted by molar-refractivity contribution is 9.10. The maximum atomic E-state index is 12.1. The van der Waals surface area contributed by atoms with Gasteiger partial charge in [-0.1, -0.05) is 15.9 Å². The average Bonchev–Trinajstić information content (AvgIpc) is 2.85. The molecule has 0 aromatic heterocycles. The van der Waals surface area contributed by atoms with Gasteiger partial charge in [0.05, 0.1) is 23.4 Å². The van der Waals surface area contributed by atoms with Crippen molar-refractivity contribution in [2.45, 2.75) is 31.4 Å². The molecule has 5 heteroatoms. The lowest BCUT2D eigenvalue weighted by Gasteiger charge is -2.26. The fourth-order valence-corrected chi connectivity index (χ4v) is 3.15. The van der Waals surface area contributed by atoms with Crippen LogP contribution in [-0.4, -0.2) is 28.9 Å². The van der Waals surface area contributed by atoms with Crippen LogP contribution in [0.15, 0.2) is 22.7 Å². The molecule has 0 bridgehead atoms. The number of carbonyl (C=O) groups excluding carboxylic acids is 2. The lowest BCUT2D eigenvalue weighted by atomic mass is 10.1. The first-order chi connectivity index (χ1) is 8.59. The maximum absolute atomic E-state index is 12.1. The number of carbonyl (C=O) groups is 2. The Morgan fingerprint density at radius 3 is 2.72 bits per heavy atom. The van der Waals surface area contributed by atoms with Crippen LogP contribution in [0, 0.1) is 0 Å². The third-order valence-corrected chi connectivity index (χ3v) is 4.14. The predicted molar refractivity (Wildman–Crippen MR) is 69.6 cm³/mol. The van der Waals surface area contributed by atoms with Gasteiger partial charge in [-0.2, -0.15) is 0 Å². The molecular formula is C13H12BrNO3. The van der Waals surface area contributed by atoms with Crippen molar-refractivity contribution in [3.8, 4) is 0 Å². The van der Waals surface area contributed by atoms with Gasteiger partial charge in [0.15, 0.2) is 0 Å². The third kappa shape index (κ3) is 1.61. The van der Waals surface area contributed by atoms with Crippen molar-refractivity contribution in [2.75, 3.05) is 4.90 Å². The van der Waals surface area contributed by atoms with E-state index in [2.05, 4.69) is 15.9 Å². The molecule has 18 heavy (non-hydrogen) atoms. The molecule has 1 saturated carbocycles. The fourth-order valence-electron chi connectivity index (χ4n) is 2.79. The number of nitrogens with zero attached hydrogens (tertiary/aromatic N) is 1. The van der Waals surface area contributed by atoms with Crippen molar-refractivity contribution in [1.29, 1.82) is 0 Å². The van der Waals surface area contributed by atoms with Gasteiger partial charge < -0.3 is 5.11 Å². The average molecular weight is 310 g/mol. The van der Waals surface area contributed by atoms with Crippen LogP contribution >= 0.6 is 15.9 Å². The van der Waals surface area contributed by atoms with Crippen molar-refractivity contribution < 1.29 is 14.7 Å². The van der Waals surface area contributed by atoms with Gasteiger partial charge in [-0.05, 0) is 37.5 Å². The Balaban J connectivity index is 2.07. The lowest BCUT2D eigenvalue weighted by molar-refractivity contribution is -0.115. The van der Waals surface area contributed by atoms with Gasteiger partial charge in [-0.15, -0.1) is 0 Å². The molecule has 94 valence electrons. The summed E-state index contributed by atoms with van der Waals surface area (Å²) in [5, 5.41) is 9.92. The van der Waals surface area contributed by atoms with Crippen LogP contribution in [0.2, 0.25) is 0 Å². The largest absolute Gasteiger partial charge is 0.391 e. The van der Waals surface area contributed by atoms with E-state index in [-0.39, 0.29) is 6.04 Å². The normalized spacial score (nSPS) is 26.9. The topological polar surface area (TPSA) is 57.6 Å². The molecule has 2 atom stereocenters. The summed E-state index contributed by atoms with van der Waals surface area (Å²) in [4.78, 5) is 25.5. The quantitative estimate of drug-likeness (QED) is 0.806. The van der Waals surface area contributed by atoms with Crippen LogP contribution in [0.5, 0.6) is 0 Å².